The highest BCUT2D eigenvalue weighted by Crippen LogP contribution is 2.50. The molecule has 0 atom stereocenters. The number of piperidine rings is 2. The largest absolute Gasteiger partial charge is 0.497 e. The fourth-order valence-electron chi connectivity index (χ4n) is 6.28. The van der Waals surface area contributed by atoms with E-state index in [9.17, 15) is 9.59 Å². The Labute approximate surface area is 225 Å². The summed E-state index contributed by atoms with van der Waals surface area (Å²) in [5.41, 5.74) is 2.46. The highest BCUT2D eigenvalue weighted by atomic mass is 35.5. The van der Waals surface area contributed by atoms with Gasteiger partial charge in [-0.2, -0.15) is 0 Å². The number of benzene rings is 2. The first-order valence-electron chi connectivity index (χ1n) is 13.5. The van der Waals surface area contributed by atoms with E-state index in [-0.39, 0.29) is 11.3 Å². The minimum atomic E-state index is -0.307. The van der Waals surface area contributed by atoms with E-state index in [0.717, 1.165) is 81.7 Å². The van der Waals surface area contributed by atoms with Crippen molar-refractivity contribution in [2.24, 2.45) is 11.8 Å². The molecule has 0 bridgehead atoms. The fraction of sp³-hybridized carbons (Fsp3) is 0.533. The molecule has 37 heavy (non-hydrogen) atoms. The Hall–Kier alpha value is -2.73. The molecule has 1 aliphatic carbocycles. The lowest BCUT2D eigenvalue weighted by atomic mass is 9.78. The molecule has 2 saturated heterocycles. The predicted molar refractivity (Wildman–Crippen MR) is 148 cm³/mol. The minimum Gasteiger partial charge on any atom is -0.497 e. The number of methoxy groups -OCH3 is 1. The maximum atomic E-state index is 13.5. The Kier molecular flexibility index (Phi) is 7.39. The van der Waals surface area contributed by atoms with Gasteiger partial charge in [0.2, 0.25) is 5.91 Å². The first-order valence-corrected chi connectivity index (χ1v) is 13.9. The van der Waals surface area contributed by atoms with Crippen LogP contribution in [0.25, 0.3) is 0 Å². The third kappa shape index (κ3) is 5.18. The van der Waals surface area contributed by atoms with Gasteiger partial charge >= 0.3 is 0 Å². The van der Waals surface area contributed by atoms with Crippen molar-refractivity contribution in [2.75, 3.05) is 52.3 Å². The van der Waals surface area contributed by atoms with Crippen LogP contribution in [-0.4, -0.2) is 69.0 Å². The number of halogens is 1. The van der Waals surface area contributed by atoms with Crippen molar-refractivity contribution in [1.29, 1.82) is 0 Å². The molecule has 198 valence electrons. The Morgan fingerprint density at radius 3 is 2.03 bits per heavy atom. The number of carbonyl (C=O) groups is 2. The van der Waals surface area contributed by atoms with E-state index in [1.807, 2.05) is 30.3 Å². The van der Waals surface area contributed by atoms with Crippen molar-refractivity contribution in [3.05, 3.63) is 58.6 Å². The molecule has 2 amide bonds. The van der Waals surface area contributed by atoms with Gasteiger partial charge in [0.15, 0.2) is 0 Å². The Balaban J connectivity index is 1.13. The molecule has 0 spiro atoms. The van der Waals surface area contributed by atoms with Crippen LogP contribution in [0.5, 0.6) is 5.75 Å². The van der Waals surface area contributed by atoms with Gasteiger partial charge in [0, 0.05) is 46.0 Å². The molecule has 3 fully saturated rings. The molecular formula is C30H38ClN3O3. The molecule has 0 radical (unpaired) electrons. The van der Waals surface area contributed by atoms with Gasteiger partial charge in [-0.15, -0.1) is 0 Å². The van der Waals surface area contributed by atoms with Crippen LogP contribution < -0.4 is 9.64 Å². The zero-order valence-electron chi connectivity index (χ0n) is 22.2. The van der Waals surface area contributed by atoms with Gasteiger partial charge in [-0.05, 0) is 86.3 Å². The van der Waals surface area contributed by atoms with E-state index in [4.69, 9.17) is 16.3 Å². The highest BCUT2D eigenvalue weighted by Gasteiger charge is 2.53. The number of hydrogen-bond acceptors (Lipinski definition) is 4. The summed E-state index contributed by atoms with van der Waals surface area (Å²) in [4.78, 5) is 31.9. The van der Waals surface area contributed by atoms with E-state index in [1.165, 1.54) is 0 Å². The van der Waals surface area contributed by atoms with E-state index >= 15 is 0 Å². The molecule has 2 aromatic carbocycles. The molecule has 6 nitrogen and oxygen atoms in total. The second-order valence-corrected chi connectivity index (χ2v) is 11.5. The molecule has 2 heterocycles. The smallest absolute Gasteiger partial charge is 0.254 e. The first-order chi connectivity index (χ1) is 17.8. The van der Waals surface area contributed by atoms with Crippen molar-refractivity contribution >= 4 is 29.1 Å². The third-order valence-electron chi connectivity index (χ3n) is 8.79. The summed E-state index contributed by atoms with van der Waals surface area (Å²) in [6, 6.07) is 13.8. The monoisotopic (exact) mass is 523 g/mol. The number of ether oxygens (including phenoxy) is 1. The summed E-state index contributed by atoms with van der Waals surface area (Å²) in [6.45, 7) is 3.75. The number of likely N-dealkylation sites (tertiary alicyclic amines) is 1. The Morgan fingerprint density at radius 2 is 1.51 bits per heavy atom. The molecule has 2 aromatic rings. The average molecular weight is 524 g/mol. The van der Waals surface area contributed by atoms with Crippen LogP contribution in [-0.2, 0) is 10.2 Å². The maximum Gasteiger partial charge on any atom is 0.254 e. The van der Waals surface area contributed by atoms with Crippen molar-refractivity contribution in [1.82, 2.24) is 9.80 Å². The van der Waals surface area contributed by atoms with Gasteiger partial charge in [-0.25, -0.2) is 0 Å². The molecule has 5 rings (SSSR count). The van der Waals surface area contributed by atoms with Crippen LogP contribution in [0.15, 0.2) is 42.5 Å². The summed E-state index contributed by atoms with van der Waals surface area (Å²) in [6.07, 6.45) is 6.41. The standard InChI is InChI=1S/C30H38ClN3O3/c1-32(2)28(35)26-9-6-24(20-27(26)31)33-16-10-21(11-17-33)22-12-18-34(19-13-22)29(36)30(14-15-30)23-4-7-25(37-3)8-5-23/h4-9,20-22H,10-19H2,1-3H3. The minimum absolute atomic E-state index is 0.0725. The number of hydrogen-bond donors (Lipinski definition) is 0. The summed E-state index contributed by atoms with van der Waals surface area (Å²) >= 11 is 6.45. The van der Waals surface area contributed by atoms with Crippen molar-refractivity contribution in [2.45, 2.75) is 43.9 Å². The Morgan fingerprint density at radius 1 is 0.919 bits per heavy atom. The van der Waals surface area contributed by atoms with E-state index in [2.05, 4.69) is 21.9 Å². The van der Waals surface area contributed by atoms with Gasteiger partial charge < -0.3 is 19.4 Å². The van der Waals surface area contributed by atoms with Gasteiger partial charge in [0.1, 0.15) is 5.75 Å². The Bertz CT molecular complexity index is 1130. The third-order valence-corrected chi connectivity index (χ3v) is 9.10. The molecule has 1 saturated carbocycles. The lowest BCUT2D eigenvalue weighted by molar-refractivity contribution is -0.135. The van der Waals surface area contributed by atoms with Gasteiger partial charge in [0.25, 0.3) is 5.91 Å². The number of carbonyl (C=O) groups excluding carboxylic acids is 2. The average Bonchev–Trinajstić information content (AvgIpc) is 3.74. The summed E-state index contributed by atoms with van der Waals surface area (Å²) in [5, 5.41) is 0.512. The fourth-order valence-corrected chi connectivity index (χ4v) is 6.54. The molecule has 3 aliphatic rings. The summed E-state index contributed by atoms with van der Waals surface area (Å²) < 4.78 is 5.29. The van der Waals surface area contributed by atoms with Crippen LogP contribution in [0.3, 0.4) is 0 Å². The number of nitrogens with zero attached hydrogens (tertiary/aromatic N) is 3. The molecule has 0 N–H and O–H groups in total. The van der Waals surface area contributed by atoms with Crippen LogP contribution in [0.4, 0.5) is 5.69 Å². The second kappa shape index (κ2) is 10.6. The van der Waals surface area contributed by atoms with E-state index in [1.54, 1.807) is 26.1 Å². The molecule has 7 heteroatoms. The van der Waals surface area contributed by atoms with Crippen molar-refractivity contribution < 1.29 is 14.3 Å². The SMILES string of the molecule is COc1ccc(C2(C(=O)N3CCC(C4CCN(c5ccc(C(=O)N(C)C)c(Cl)c5)CC4)CC3)CC2)cc1. The van der Waals surface area contributed by atoms with Crippen LogP contribution >= 0.6 is 11.6 Å². The maximum absolute atomic E-state index is 13.5. The summed E-state index contributed by atoms with van der Waals surface area (Å²) in [7, 11) is 5.15. The number of rotatable bonds is 6. The van der Waals surface area contributed by atoms with Gasteiger partial charge in [-0.1, -0.05) is 23.7 Å². The summed E-state index contributed by atoms with van der Waals surface area (Å²) in [5.74, 6) is 2.47. The van der Waals surface area contributed by atoms with Gasteiger partial charge in [-0.3, -0.25) is 9.59 Å². The molecule has 0 unspecified atom stereocenters. The number of anilines is 1. The van der Waals surface area contributed by atoms with Crippen molar-refractivity contribution in [3.8, 4) is 5.75 Å². The number of amides is 2. The first kappa shape index (κ1) is 25.9. The zero-order valence-corrected chi connectivity index (χ0v) is 23.0. The topological polar surface area (TPSA) is 53.1 Å². The lowest BCUT2D eigenvalue weighted by Gasteiger charge is -2.41. The van der Waals surface area contributed by atoms with Crippen molar-refractivity contribution in [3.63, 3.8) is 0 Å². The molecule has 0 aromatic heterocycles. The van der Waals surface area contributed by atoms with Crippen LogP contribution in [0.1, 0.15) is 54.4 Å². The molecule has 2 aliphatic heterocycles. The zero-order chi connectivity index (χ0) is 26.2. The second-order valence-electron chi connectivity index (χ2n) is 11.1. The normalized spacial score (nSPS) is 20.0. The van der Waals surface area contributed by atoms with Crippen LogP contribution in [0, 0.1) is 11.8 Å². The van der Waals surface area contributed by atoms with Gasteiger partial charge in [0.05, 0.1) is 23.1 Å². The quantitative estimate of drug-likeness (QED) is 0.520. The highest BCUT2D eigenvalue weighted by molar-refractivity contribution is 6.34. The van der Waals surface area contributed by atoms with E-state index < -0.39 is 0 Å². The van der Waals surface area contributed by atoms with E-state index in [0.29, 0.717) is 28.3 Å². The molecular weight excluding hydrogens is 486 g/mol. The lowest BCUT2D eigenvalue weighted by Crippen LogP contribution is -2.46. The van der Waals surface area contributed by atoms with Crippen LogP contribution in [0.2, 0.25) is 5.02 Å². The predicted octanol–water partition coefficient (Wildman–Crippen LogP) is 5.24.